The van der Waals surface area contributed by atoms with Crippen molar-refractivity contribution in [1.82, 2.24) is 4.98 Å². The zero-order valence-corrected chi connectivity index (χ0v) is 9.83. The average Bonchev–Trinajstić information content (AvgIpc) is 2.41. The first-order valence-electron chi connectivity index (χ1n) is 5.29. The van der Waals surface area contributed by atoms with E-state index in [1.54, 1.807) is 56.9 Å². The van der Waals surface area contributed by atoms with Gasteiger partial charge in [0.1, 0.15) is 5.60 Å². The normalized spacial score (nSPS) is 20.4. The van der Waals surface area contributed by atoms with Crippen molar-refractivity contribution in [2.75, 3.05) is 14.2 Å². The maximum Gasteiger partial charge on any atom is 0.207 e. The van der Waals surface area contributed by atoms with Crippen LogP contribution in [0.2, 0.25) is 0 Å². The predicted octanol–water partition coefficient (Wildman–Crippen LogP) is 1.38. The van der Waals surface area contributed by atoms with Gasteiger partial charge in [-0.15, -0.1) is 0 Å². The summed E-state index contributed by atoms with van der Waals surface area (Å²) >= 11 is 0. The Bertz CT molecular complexity index is 419. The van der Waals surface area contributed by atoms with Crippen LogP contribution in [-0.2, 0) is 15.1 Å². The molecule has 0 saturated heterocycles. The van der Waals surface area contributed by atoms with Crippen LogP contribution in [0.25, 0.3) is 0 Å². The molecule has 0 bridgehead atoms. The van der Waals surface area contributed by atoms with Gasteiger partial charge in [0.15, 0.2) is 0 Å². The largest absolute Gasteiger partial charge is 0.376 e. The number of hydrogen-bond acceptors (Lipinski definition) is 4. The Morgan fingerprint density at radius 2 is 1.71 bits per heavy atom. The topological polar surface area (TPSA) is 51.6 Å². The average molecular weight is 233 g/mol. The maximum absolute atomic E-state index is 10.4. The molecule has 17 heavy (non-hydrogen) atoms. The summed E-state index contributed by atoms with van der Waals surface area (Å²) in [5.41, 5.74) is -0.643. The lowest BCUT2D eigenvalue weighted by Gasteiger charge is -2.31. The Hall–Kier alpha value is -1.49. The third-order valence-corrected chi connectivity index (χ3v) is 2.85. The summed E-state index contributed by atoms with van der Waals surface area (Å²) in [5, 5.41) is 10.4. The van der Waals surface area contributed by atoms with E-state index >= 15 is 0 Å². The van der Waals surface area contributed by atoms with Crippen LogP contribution in [0, 0.1) is 0 Å². The molecule has 4 nitrogen and oxygen atoms in total. The van der Waals surface area contributed by atoms with Crippen molar-refractivity contribution in [2.24, 2.45) is 0 Å². The molecule has 4 heteroatoms. The molecule has 0 unspecified atom stereocenters. The fourth-order valence-corrected chi connectivity index (χ4v) is 1.72. The molecule has 0 amide bonds. The summed E-state index contributed by atoms with van der Waals surface area (Å²) in [5.74, 6) is -0.902. The SMILES string of the molecule is COC1(OC)C=CC(O)(c2ccccn2)C=C1. The number of aromatic nitrogens is 1. The molecule has 1 aliphatic rings. The highest BCUT2D eigenvalue weighted by Gasteiger charge is 2.34. The molecule has 0 aromatic carbocycles. The molecule has 0 radical (unpaired) electrons. The summed E-state index contributed by atoms with van der Waals surface area (Å²) in [4.78, 5) is 4.14. The molecule has 1 aromatic heterocycles. The van der Waals surface area contributed by atoms with Crippen molar-refractivity contribution in [2.45, 2.75) is 11.4 Å². The van der Waals surface area contributed by atoms with Crippen molar-refractivity contribution < 1.29 is 14.6 Å². The molecule has 0 aliphatic heterocycles. The Kier molecular flexibility index (Phi) is 3.11. The number of nitrogens with zero attached hydrogens (tertiary/aromatic N) is 1. The third-order valence-electron chi connectivity index (χ3n) is 2.85. The molecule has 1 aliphatic carbocycles. The van der Waals surface area contributed by atoms with Crippen molar-refractivity contribution >= 4 is 0 Å². The highest BCUT2D eigenvalue weighted by Crippen LogP contribution is 2.31. The minimum Gasteiger partial charge on any atom is -0.376 e. The van der Waals surface area contributed by atoms with Crippen LogP contribution in [0.15, 0.2) is 48.7 Å². The van der Waals surface area contributed by atoms with Gasteiger partial charge in [-0.2, -0.15) is 0 Å². The van der Waals surface area contributed by atoms with E-state index in [0.717, 1.165) is 0 Å². The number of aliphatic hydroxyl groups is 1. The third kappa shape index (κ3) is 2.15. The lowest BCUT2D eigenvalue weighted by molar-refractivity contribution is -0.136. The Morgan fingerprint density at radius 1 is 1.06 bits per heavy atom. The van der Waals surface area contributed by atoms with Gasteiger partial charge < -0.3 is 14.6 Å². The molecule has 0 atom stereocenters. The van der Waals surface area contributed by atoms with Gasteiger partial charge >= 0.3 is 0 Å². The van der Waals surface area contributed by atoms with Crippen LogP contribution in [0.1, 0.15) is 5.69 Å². The van der Waals surface area contributed by atoms with E-state index in [-0.39, 0.29) is 0 Å². The van der Waals surface area contributed by atoms with Gasteiger partial charge in [0.2, 0.25) is 5.79 Å². The van der Waals surface area contributed by atoms with Crippen LogP contribution in [0.4, 0.5) is 0 Å². The molecule has 1 heterocycles. The summed E-state index contributed by atoms with van der Waals surface area (Å²) in [7, 11) is 3.09. The van der Waals surface area contributed by atoms with Crippen molar-refractivity contribution in [3.8, 4) is 0 Å². The van der Waals surface area contributed by atoms with E-state index in [2.05, 4.69) is 4.98 Å². The Morgan fingerprint density at radius 3 is 2.18 bits per heavy atom. The van der Waals surface area contributed by atoms with Crippen molar-refractivity contribution in [3.63, 3.8) is 0 Å². The van der Waals surface area contributed by atoms with Gasteiger partial charge in [-0.1, -0.05) is 6.07 Å². The van der Waals surface area contributed by atoms with Crippen LogP contribution < -0.4 is 0 Å². The highest BCUT2D eigenvalue weighted by molar-refractivity contribution is 5.34. The summed E-state index contributed by atoms with van der Waals surface area (Å²) in [6.45, 7) is 0. The standard InChI is InChI=1S/C13H15NO3/c1-16-13(17-2)8-6-12(15,7-9-13)11-5-3-4-10-14-11/h3-10,15H,1-2H3. The molecule has 2 rings (SSSR count). The van der Waals surface area contributed by atoms with Crippen molar-refractivity contribution in [1.29, 1.82) is 0 Å². The van der Waals surface area contributed by atoms with Crippen LogP contribution in [0.3, 0.4) is 0 Å². The molecule has 1 aromatic rings. The molecule has 0 saturated carbocycles. The maximum atomic E-state index is 10.4. The summed E-state index contributed by atoms with van der Waals surface area (Å²) in [6.07, 6.45) is 8.21. The Labute approximate surface area is 100 Å². The number of pyridine rings is 1. The zero-order chi connectivity index (χ0) is 12.4. The van der Waals surface area contributed by atoms with E-state index in [0.29, 0.717) is 5.69 Å². The smallest absolute Gasteiger partial charge is 0.207 e. The fraction of sp³-hybridized carbons (Fsp3) is 0.308. The predicted molar refractivity (Wildman–Crippen MR) is 63.2 cm³/mol. The zero-order valence-electron chi connectivity index (χ0n) is 9.83. The second-order valence-corrected chi connectivity index (χ2v) is 3.84. The van der Waals surface area contributed by atoms with Crippen LogP contribution >= 0.6 is 0 Å². The van der Waals surface area contributed by atoms with Crippen molar-refractivity contribution in [3.05, 3.63) is 54.4 Å². The van der Waals surface area contributed by atoms with Gasteiger partial charge in [0.05, 0.1) is 5.69 Å². The molecule has 90 valence electrons. The monoisotopic (exact) mass is 233 g/mol. The first-order chi connectivity index (χ1) is 8.14. The molecule has 0 spiro atoms. The molecular weight excluding hydrogens is 218 g/mol. The van der Waals surface area contributed by atoms with E-state index in [1.165, 1.54) is 0 Å². The second-order valence-electron chi connectivity index (χ2n) is 3.84. The van der Waals surface area contributed by atoms with E-state index in [9.17, 15) is 5.11 Å². The minimum absolute atomic E-state index is 0.563. The van der Waals surface area contributed by atoms with Gasteiger partial charge in [0, 0.05) is 20.4 Å². The van der Waals surface area contributed by atoms with Gasteiger partial charge in [0.25, 0.3) is 0 Å². The van der Waals surface area contributed by atoms with Gasteiger partial charge in [-0.3, -0.25) is 4.98 Å². The van der Waals surface area contributed by atoms with E-state index < -0.39 is 11.4 Å². The fourth-order valence-electron chi connectivity index (χ4n) is 1.72. The van der Waals surface area contributed by atoms with Gasteiger partial charge in [-0.25, -0.2) is 0 Å². The van der Waals surface area contributed by atoms with Crippen LogP contribution in [-0.4, -0.2) is 30.1 Å². The summed E-state index contributed by atoms with van der Waals surface area (Å²) in [6, 6.07) is 5.40. The second kappa shape index (κ2) is 4.41. The number of rotatable bonds is 3. The quantitative estimate of drug-likeness (QED) is 0.633. The molecule has 1 N–H and O–H groups in total. The van der Waals surface area contributed by atoms with Gasteiger partial charge in [-0.05, 0) is 36.4 Å². The number of methoxy groups -OCH3 is 2. The highest BCUT2D eigenvalue weighted by atomic mass is 16.7. The Balaban J connectivity index is 2.31. The first kappa shape index (κ1) is 12.0. The molecule has 0 fully saturated rings. The first-order valence-corrected chi connectivity index (χ1v) is 5.29. The minimum atomic E-state index is -1.21. The van der Waals surface area contributed by atoms with Crippen LogP contribution in [0.5, 0.6) is 0 Å². The number of ether oxygens (including phenoxy) is 2. The number of hydrogen-bond donors (Lipinski definition) is 1. The van der Waals surface area contributed by atoms with E-state index in [4.69, 9.17) is 9.47 Å². The lowest BCUT2D eigenvalue weighted by Crippen LogP contribution is -2.35. The lowest BCUT2D eigenvalue weighted by atomic mass is 9.91. The van der Waals surface area contributed by atoms with E-state index in [1.807, 2.05) is 6.07 Å². The summed E-state index contributed by atoms with van der Waals surface area (Å²) < 4.78 is 10.5. The molecular formula is C13H15NO3.